The normalized spacial score (nSPS) is 10.5. The van der Waals surface area contributed by atoms with E-state index in [9.17, 15) is 4.79 Å². The summed E-state index contributed by atoms with van der Waals surface area (Å²) in [5.41, 5.74) is 5.71. The predicted octanol–water partition coefficient (Wildman–Crippen LogP) is 0.655. The summed E-state index contributed by atoms with van der Waals surface area (Å²) in [5, 5.41) is 0. The van der Waals surface area contributed by atoms with E-state index in [4.69, 9.17) is 10.2 Å². The minimum Gasteiger partial charge on any atom is -0.421 e. The van der Waals surface area contributed by atoms with Gasteiger partial charge in [0.25, 0.3) is 0 Å². The summed E-state index contributed by atoms with van der Waals surface area (Å²) in [6.45, 7) is 0. The lowest BCUT2D eigenvalue weighted by molar-refractivity contribution is 0.543. The van der Waals surface area contributed by atoms with Crippen molar-refractivity contribution in [1.82, 2.24) is 4.98 Å². The van der Waals surface area contributed by atoms with E-state index in [0.29, 0.717) is 17.3 Å². The Hall–Kier alpha value is -1.71. The van der Waals surface area contributed by atoms with Crippen molar-refractivity contribution in [2.75, 3.05) is 5.73 Å². The van der Waals surface area contributed by atoms with Crippen LogP contribution in [-0.2, 0) is 0 Å². The molecule has 0 aromatic heterocycles. The lowest BCUT2D eigenvalue weighted by Gasteiger charge is -1.96. The minimum atomic E-state index is -0.359. The predicted molar refractivity (Wildman–Crippen MR) is 40.4 cm³/mol. The van der Waals surface area contributed by atoms with Gasteiger partial charge in [0.05, 0.1) is 11.8 Å². The first-order chi connectivity index (χ1) is 5.25. The number of nitrogens with one attached hydrogen (secondary N) is 1. The van der Waals surface area contributed by atoms with Gasteiger partial charge >= 0.3 is 5.63 Å². The second kappa shape index (κ2) is 1.88. The quantitative estimate of drug-likeness (QED) is 0.579. The molecule has 11 heavy (non-hydrogen) atoms. The molecule has 0 unspecified atom stereocenters. The zero-order valence-corrected chi connectivity index (χ0v) is 5.63. The summed E-state index contributed by atoms with van der Waals surface area (Å²) in [7, 11) is 0. The van der Waals surface area contributed by atoms with Crippen LogP contribution in [0.3, 0.4) is 0 Å². The summed E-state index contributed by atoms with van der Waals surface area (Å²) in [6.07, 6.45) is 0. The number of H-pyrrole nitrogens is 1. The number of rotatable bonds is 0. The standard InChI is InChI=1S/C7H6N2O2/c8-6-2-1-5-4(9-6)3-7(10)11-5/h1-3,9H,8H2. The van der Waals surface area contributed by atoms with Crippen LogP contribution in [0.15, 0.2) is 27.4 Å². The zero-order valence-electron chi connectivity index (χ0n) is 5.63. The molecule has 2 aliphatic rings. The zero-order chi connectivity index (χ0) is 7.84. The molecule has 0 bridgehead atoms. The highest BCUT2D eigenvalue weighted by Gasteiger charge is 2.06. The highest BCUT2D eigenvalue weighted by atomic mass is 16.4. The summed E-state index contributed by atoms with van der Waals surface area (Å²) in [5.74, 6) is 1.04. The second-order valence-corrected chi connectivity index (χ2v) is 2.26. The number of furan rings is 1. The highest BCUT2D eigenvalue weighted by Crippen LogP contribution is 2.17. The van der Waals surface area contributed by atoms with Crippen molar-refractivity contribution in [1.29, 1.82) is 0 Å². The summed E-state index contributed by atoms with van der Waals surface area (Å²) in [4.78, 5) is 13.5. The minimum absolute atomic E-state index is 0.359. The Bertz CT molecular complexity index is 401. The number of fused-ring (bicyclic) bond motifs is 1. The first-order valence-corrected chi connectivity index (χ1v) is 3.14. The van der Waals surface area contributed by atoms with Crippen molar-refractivity contribution in [3.63, 3.8) is 0 Å². The van der Waals surface area contributed by atoms with Gasteiger partial charge in [-0.2, -0.15) is 0 Å². The van der Waals surface area contributed by atoms with Gasteiger partial charge in [-0.3, -0.25) is 0 Å². The monoisotopic (exact) mass is 150 g/mol. The van der Waals surface area contributed by atoms with Crippen LogP contribution in [0, 0.1) is 0 Å². The molecule has 0 saturated heterocycles. The number of aromatic nitrogens is 1. The molecule has 0 aromatic carbocycles. The van der Waals surface area contributed by atoms with E-state index in [0.717, 1.165) is 0 Å². The lowest BCUT2D eigenvalue weighted by Crippen LogP contribution is -1.90. The molecule has 0 radical (unpaired) electrons. The van der Waals surface area contributed by atoms with Gasteiger partial charge in [0.2, 0.25) is 0 Å². The number of anilines is 1. The number of nitrogen functional groups attached to an aromatic ring is 1. The van der Waals surface area contributed by atoms with Crippen molar-refractivity contribution >= 4 is 5.82 Å². The average molecular weight is 150 g/mol. The van der Waals surface area contributed by atoms with Gasteiger partial charge in [-0.1, -0.05) is 0 Å². The fourth-order valence-corrected chi connectivity index (χ4v) is 0.966. The maximum atomic E-state index is 10.7. The molecule has 3 N–H and O–H groups in total. The van der Waals surface area contributed by atoms with E-state index in [-0.39, 0.29) is 5.63 Å². The van der Waals surface area contributed by atoms with Crippen molar-refractivity contribution < 1.29 is 4.42 Å². The molecule has 4 heteroatoms. The van der Waals surface area contributed by atoms with Crippen LogP contribution in [-0.4, -0.2) is 4.98 Å². The van der Waals surface area contributed by atoms with Crippen molar-refractivity contribution in [2.24, 2.45) is 0 Å². The SMILES string of the molecule is Nc1ccc2oc(=O)cc-2[nH]1. The molecule has 0 spiro atoms. The molecule has 2 rings (SSSR count). The number of hydrogen-bond acceptors (Lipinski definition) is 3. The third kappa shape index (κ3) is 0.881. The van der Waals surface area contributed by atoms with E-state index in [2.05, 4.69) is 4.98 Å². The molecule has 4 nitrogen and oxygen atoms in total. The largest absolute Gasteiger partial charge is 0.421 e. The number of hydrogen-bond donors (Lipinski definition) is 2. The first kappa shape index (κ1) is 6.03. The number of aromatic amines is 1. The smallest absolute Gasteiger partial charge is 0.338 e. The van der Waals surface area contributed by atoms with Gasteiger partial charge in [0.1, 0.15) is 5.82 Å². The lowest BCUT2D eigenvalue weighted by atomic mass is 10.3. The van der Waals surface area contributed by atoms with Crippen LogP contribution in [0.2, 0.25) is 0 Å². The number of pyridine rings is 1. The second-order valence-electron chi connectivity index (χ2n) is 2.26. The number of nitrogens with two attached hydrogens (primary N) is 1. The Morgan fingerprint density at radius 2 is 2.27 bits per heavy atom. The van der Waals surface area contributed by atoms with Gasteiger partial charge in [-0.05, 0) is 12.1 Å². The maximum Gasteiger partial charge on any atom is 0.338 e. The molecule has 0 fully saturated rings. The molecule has 0 saturated carbocycles. The summed E-state index contributed by atoms with van der Waals surface area (Å²) >= 11 is 0. The Kier molecular flexibility index (Phi) is 1.03. The highest BCUT2D eigenvalue weighted by molar-refractivity contribution is 5.56. The van der Waals surface area contributed by atoms with Crippen LogP contribution in [0.5, 0.6) is 0 Å². The molecule has 0 atom stereocenters. The van der Waals surface area contributed by atoms with Crippen LogP contribution < -0.4 is 11.4 Å². The topological polar surface area (TPSA) is 72.0 Å². The van der Waals surface area contributed by atoms with E-state index in [1.54, 1.807) is 12.1 Å². The van der Waals surface area contributed by atoms with E-state index in [1.807, 2.05) is 0 Å². The van der Waals surface area contributed by atoms with Crippen molar-refractivity contribution in [3.05, 3.63) is 28.6 Å². The molecule has 2 aliphatic heterocycles. The fraction of sp³-hybridized carbons (Fsp3) is 0. The van der Waals surface area contributed by atoms with Gasteiger partial charge in [0.15, 0.2) is 5.76 Å². The van der Waals surface area contributed by atoms with Crippen LogP contribution in [0.1, 0.15) is 0 Å². The van der Waals surface area contributed by atoms with Crippen molar-refractivity contribution in [2.45, 2.75) is 0 Å². The fourth-order valence-electron chi connectivity index (χ4n) is 0.966. The third-order valence-electron chi connectivity index (χ3n) is 1.43. The summed E-state index contributed by atoms with van der Waals surface area (Å²) in [6, 6.07) is 4.67. The summed E-state index contributed by atoms with van der Waals surface area (Å²) < 4.78 is 4.78. The van der Waals surface area contributed by atoms with Crippen LogP contribution in [0.4, 0.5) is 5.82 Å². The maximum absolute atomic E-state index is 10.7. The molecule has 2 heterocycles. The molecule has 0 amide bonds. The Balaban J connectivity index is 2.82. The van der Waals surface area contributed by atoms with Gasteiger partial charge in [-0.15, -0.1) is 0 Å². The first-order valence-electron chi connectivity index (χ1n) is 3.14. The van der Waals surface area contributed by atoms with Crippen LogP contribution in [0.25, 0.3) is 11.5 Å². The van der Waals surface area contributed by atoms with Crippen LogP contribution >= 0.6 is 0 Å². The van der Waals surface area contributed by atoms with E-state index in [1.165, 1.54) is 6.07 Å². The molecule has 0 aliphatic carbocycles. The van der Waals surface area contributed by atoms with Gasteiger partial charge < -0.3 is 15.1 Å². The van der Waals surface area contributed by atoms with E-state index < -0.39 is 0 Å². The Morgan fingerprint density at radius 3 is 3.09 bits per heavy atom. The third-order valence-corrected chi connectivity index (χ3v) is 1.43. The van der Waals surface area contributed by atoms with E-state index >= 15 is 0 Å². The Morgan fingerprint density at radius 1 is 1.45 bits per heavy atom. The molecular formula is C7H6N2O2. The Labute approximate surface area is 62.0 Å². The molecule has 0 aromatic rings. The molecular weight excluding hydrogens is 144 g/mol. The van der Waals surface area contributed by atoms with Crippen molar-refractivity contribution in [3.8, 4) is 11.5 Å². The van der Waals surface area contributed by atoms with Gasteiger partial charge in [-0.25, -0.2) is 4.79 Å². The molecule has 56 valence electrons. The average Bonchev–Trinajstić information content (AvgIpc) is 2.27. The van der Waals surface area contributed by atoms with Gasteiger partial charge in [0, 0.05) is 0 Å².